The lowest BCUT2D eigenvalue weighted by Gasteiger charge is -2.52. The summed E-state index contributed by atoms with van der Waals surface area (Å²) in [6.07, 6.45) is 1.37. The van der Waals surface area contributed by atoms with E-state index >= 15 is 0 Å². The average molecular weight is 306 g/mol. The predicted octanol–water partition coefficient (Wildman–Crippen LogP) is 1.75. The summed E-state index contributed by atoms with van der Waals surface area (Å²) in [6.45, 7) is 9.20. The molecule has 0 spiro atoms. The van der Waals surface area contributed by atoms with Gasteiger partial charge in [-0.25, -0.2) is 4.79 Å². The van der Waals surface area contributed by atoms with Crippen LogP contribution in [-0.2, 0) is 19.1 Å². The smallest absolute Gasteiger partial charge is 0.334 e. The van der Waals surface area contributed by atoms with E-state index in [0.29, 0.717) is 12.0 Å². The molecule has 1 N–H and O–H groups in total. The normalized spacial score (nSPS) is 43.8. The van der Waals surface area contributed by atoms with Gasteiger partial charge in [-0.2, -0.15) is 0 Å². The molecule has 0 radical (unpaired) electrons. The second-order valence-electron chi connectivity index (χ2n) is 7.01. The van der Waals surface area contributed by atoms with Gasteiger partial charge >= 0.3 is 11.9 Å². The van der Waals surface area contributed by atoms with Crippen LogP contribution >= 0.6 is 0 Å². The number of rotatable bonds is 1. The number of aliphatic hydroxyl groups is 1. The summed E-state index contributed by atoms with van der Waals surface area (Å²) in [5.41, 5.74) is 1.16. The number of carbonyl (C=O) groups excluding carboxylic acids is 2. The maximum atomic E-state index is 11.8. The third-order valence-electron chi connectivity index (χ3n) is 5.58. The van der Waals surface area contributed by atoms with Crippen LogP contribution in [0.5, 0.6) is 0 Å². The highest BCUT2D eigenvalue weighted by atomic mass is 16.6. The molecule has 5 nitrogen and oxygen atoms in total. The SMILES string of the molecule is C=C1C(=O)O[C@@H]2C[C@@]3(C)[C@H](C[C@@H]12)C(C)=C[C@@H](O)[C@@H]3OC(C)=O. The minimum absolute atomic E-state index is 0.0159. The van der Waals surface area contributed by atoms with E-state index in [1.165, 1.54) is 6.92 Å². The summed E-state index contributed by atoms with van der Waals surface area (Å²) in [5.74, 6) is -0.592. The van der Waals surface area contributed by atoms with E-state index in [2.05, 4.69) is 6.58 Å². The Balaban J connectivity index is 1.98. The molecule has 2 aliphatic carbocycles. The van der Waals surface area contributed by atoms with Crippen molar-refractivity contribution in [1.82, 2.24) is 0 Å². The molecule has 22 heavy (non-hydrogen) atoms. The van der Waals surface area contributed by atoms with E-state index in [4.69, 9.17) is 9.47 Å². The van der Waals surface area contributed by atoms with E-state index in [-0.39, 0.29) is 23.9 Å². The van der Waals surface area contributed by atoms with Gasteiger partial charge in [-0.1, -0.05) is 25.2 Å². The first-order valence-electron chi connectivity index (χ1n) is 7.67. The molecule has 0 amide bonds. The molecule has 1 heterocycles. The molecule has 0 aromatic heterocycles. The van der Waals surface area contributed by atoms with E-state index in [9.17, 15) is 14.7 Å². The van der Waals surface area contributed by atoms with Crippen molar-refractivity contribution in [2.75, 3.05) is 0 Å². The first-order valence-corrected chi connectivity index (χ1v) is 7.67. The van der Waals surface area contributed by atoms with Crippen molar-refractivity contribution in [1.29, 1.82) is 0 Å². The third kappa shape index (κ3) is 2.10. The Hall–Kier alpha value is -1.62. The molecular formula is C17H22O5. The highest BCUT2D eigenvalue weighted by Crippen LogP contribution is 2.56. The zero-order valence-corrected chi connectivity index (χ0v) is 13.2. The molecule has 5 heteroatoms. The summed E-state index contributed by atoms with van der Waals surface area (Å²) < 4.78 is 10.9. The zero-order chi connectivity index (χ0) is 16.2. The molecule has 1 saturated heterocycles. The van der Waals surface area contributed by atoms with Gasteiger partial charge in [-0.05, 0) is 25.7 Å². The standard InChI is InChI=1S/C17H22O5/c1-8-5-13(19)15(21-10(3)18)17(4)7-14-11(6-12(8)17)9(2)16(20)22-14/h5,11-15,19H,2,6-7H2,1,3-4H3/t11-,12+,13+,14+,15-,17-/m0/s1. The number of fused-ring (bicyclic) bond motifs is 2. The Kier molecular flexibility index (Phi) is 3.44. The Morgan fingerprint density at radius 1 is 1.55 bits per heavy atom. The van der Waals surface area contributed by atoms with Gasteiger partial charge in [-0.15, -0.1) is 0 Å². The topological polar surface area (TPSA) is 72.8 Å². The fourth-order valence-electron chi connectivity index (χ4n) is 4.51. The molecule has 0 aromatic carbocycles. The molecule has 6 atom stereocenters. The summed E-state index contributed by atoms with van der Waals surface area (Å²) >= 11 is 0. The summed E-state index contributed by atoms with van der Waals surface area (Å²) in [7, 11) is 0. The number of carbonyl (C=O) groups is 2. The van der Waals surface area contributed by atoms with E-state index in [1.54, 1.807) is 6.08 Å². The second-order valence-corrected chi connectivity index (χ2v) is 7.01. The van der Waals surface area contributed by atoms with Crippen LogP contribution in [0.4, 0.5) is 0 Å². The minimum Gasteiger partial charge on any atom is -0.459 e. The molecule has 3 aliphatic rings. The first-order chi connectivity index (χ1) is 10.2. The van der Waals surface area contributed by atoms with Crippen LogP contribution in [0, 0.1) is 17.3 Å². The van der Waals surface area contributed by atoms with Gasteiger partial charge in [0.15, 0.2) is 0 Å². The maximum absolute atomic E-state index is 11.8. The van der Waals surface area contributed by atoms with Crippen LogP contribution in [-0.4, -0.2) is 35.4 Å². The predicted molar refractivity (Wildman–Crippen MR) is 78.7 cm³/mol. The van der Waals surface area contributed by atoms with Crippen molar-refractivity contribution in [3.63, 3.8) is 0 Å². The lowest BCUT2D eigenvalue weighted by atomic mass is 9.55. The van der Waals surface area contributed by atoms with Crippen molar-refractivity contribution >= 4 is 11.9 Å². The molecule has 3 rings (SSSR count). The number of esters is 2. The van der Waals surface area contributed by atoms with E-state index < -0.39 is 23.6 Å². The Morgan fingerprint density at radius 3 is 2.86 bits per heavy atom. The van der Waals surface area contributed by atoms with Crippen molar-refractivity contribution in [3.8, 4) is 0 Å². The fraction of sp³-hybridized carbons (Fsp3) is 0.647. The number of aliphatic hydroxyl groups excluding tert-OH is 1. The number of ether oxygens (including phenoxy) is 2. The van der Waals surface area contributed by atoms with Crippen LogP contribution in [0.25, 0.3) is 0 Å². The molecular weight excluding hydrogens is 284 g/mol. The second kappa shape index (κ2) is 4.95. The summed E-state index contributed by atoms with van der Waals surface area (Å²) in [6, 6.07) is 0. The average Bonchev–Trinajstić information content (AvgIpc) is 2.67. The van der Waals surface area contributed by atoms with Gasteiger partial charge in [0.25, 0.3) is 0 Å². The van der Waals surface area contributed by atoms with Crippen molar-refractivity contribution in [3.05, 3.63) is 23.8 Å². The monoisotopic (exact) mass is 306 g/mol. The van der Waals surface area contributed by atoms with Crippen LogP contribution in [0.3, 0.4) is 0 Å². The van der Waals surface area contributed by atoms with E-state index in [0.717, 1.165) is 12.0 Å². The van der Waals surface area contributed by atoms with Crippen molar-refractivity contribution in [2.45, 2.75) is 51.9 Å². The van der Waals surface area contributed by atoms with Gasteiger partial charge in [0.05, 0.1) is 0 Å². The number of hydrogen-bond acceptors (Lipinski definition) is 5. The summed E-state index contributed by atoms with van der Waals surface area (Å²) in [5, 5.41) is 10.4. The highest BCUT2D eigenvalue weighted by molar-refractivity contribution is 5.90. The highest BCUT2D eigenvalue weighted by Gasteiger charge is 2.58. The van der Waals surface area contributed by atoms with Gasteiger partial charge < -0.3 is 14.6 Å². The summed E-state index contributed by atoms with van der Waals surface area (Å²) in [4.78, 5) is 23.2. The van der Waals surface area contributed by atoms with Gasteiger partial charge in [0.2, 0.25) is 0 Å². The zero-order valence-electron chi connectivity index (χ0n) is 13.2. The lowest BCUT2D eigenvalue weighted by molar-refractivity contribution is -0.176. The van der Waals surface area contributed by atoms with Crippen LogP contribution < -0.4 is 0 Å². The fourth-order valence-corrected chi connectivity index (χ4v) is 4.51. The molecule has 0 bridgehead atoms. The Bertz CT molecular complexity index is 578. The first kappa shape index (κ1) is 15.3. The largest absolute Gasteiger partial charge is 0.459 e. The van der Waals surface area contributed by atoms with Crippen molar-refractivity contribution < 1.29 is 24.2 Å². The number of allylic oxidation sites excluding steroid dienone is 1. The molecule has 120 valence electrons. The molecule has 1 saturated carbocycles. The molecule has 1 aliphatic heterocycles. The van der Waals surface area contributed by atoms with Crippen LogP contribution in [0.15, 0.2) is 23.8 Å². The quantitative estimate of drug-likeness (QED) is 0.454. The Labute approximate surface area is 130 Å². The maximum Gasteiger partial charge on any atom is 0.334 e. The molecule has 2 fully saturated rings. The van der Waals surface area contributed by atoms with Gasteiger partial charge in [0.1, 0.15) is 18.3 Å². The minimum atomic E-state index is -0.831. The van der Waals surface area contributed by atoms with Crippen LogP contribution in [0.1, 0.15) is 33.6 Å². The number of hydrogen-bond donors (Lipinski definition) is 1. The Morgan fingerprint density at radius 2 is 2.23 bits per heavy atom. The third-order valence-corrected chi connectivity index (χ3v) is 5.58. The van der Waals surface area contributed by atoms with Gasteiger partial charge in [0, 0.05) is 23.8 Å². The van der Waals surface area contributed by atoms with Gasteiger partial charge in [-0.3, -0.25) is 4.79 Å². The lowest BCUT2D eigenvalue weighted by Crippen LogP contribution is -2.56. The molecule has 0 unspecified atom stereocenters. The molecule has 0 aromatic rings. The van der Waals surface area contributed by atoms with E-state index in [1.807, 2.05) is 13.8 Å². The van der Waals surface area contributed by atoms with Crippen LogP contribution in [0.2, 0.25) is 0 Å². The van der Waals surface area contributed by atoms with Crippen molar-refractivity contribution in [2.24, 2.45) is 17.3 Å².